The van der Waals surface area contributed by atoms with Gasteiger partial charge in [-0.15, -0.1) is 0 Å². The lowest BCUT2D eigenvalue weighted by molar-refractivity contribution is -0.137. The van der Waals surface area contributed by atoms with Crippen LogP contribution in [0.25, 0.3) is 0 Å². The first-order valence-electron chi connectivity index (χ1n) is 7.44. The van der Waals surface area contributed by atoms with E-state index in [1.54, 1.807) is 0 Å². The minimum Gasteiger partial charge on any atom is -0.340 e. The molecule has 0 aromatic heterocycles. The predicted molar refractivity (Wildman–Crippen MR) is 71.1 cm³/mol. The minimum atomic E-state index is 0.157. The van der Waals surface area contributed by atoms with E-state index in [0.29, 0.717) is 24.9 Å². The molecular weight excluding hydrogens is 226 g/mol. The highest BCUT2D eigenvalue weighted by Crippen LogP contribution is 2.43. The summed E-state index contributed by atoms with van der Waals surface area (Å²) in [6, 6.07) is 0.637. The predicted octanol–water partition coefficient (Wildman–Crippen LogP) is 0.812. The quantitative estimate of drug-likeness (QED) is 0.807. The molecule has 2 saturated heterocycles. The van der Waals surface area contributed by atoms with Crippen LogP contribution in [0.3, 0.4) is 0 Å². The van der Waals surface area contributed by atoms with E-state index in [1.165, 1.54) is 25.8 Å². The molecule has 1 unspecified atom stereocenters. The summed E-state index contributed by atoms with van der Waals surface area (Å²) < 4.78 is 0. The van der Waals surface area contributed by atoms with Crippen LogP contribution in [0, 0.1) is 5.41 Å². The van der Waals surface area contributed by atoms with Crippen LogP contribution in [-0.4, -0.2) is 54.5 Å². The van der Waals surface area contributed by atoms with Gasteiger partial charge < -0.3 is 10.6 Å². The second-order valence-electron chi connectivity index (χ2n) is 6.41. The Hall–Kier alpha value is -0.610. The number of nitrogens with zero attached hydrogens (tertiary/aromatic N) is 2. The van der Waals surface area contributed by atoms with Crippen molar-refractivity contribution in [2.24, 2.45) is 11.1 Å². The molecule has 0 spiro atoms. The molecule has 0 bridgehead atoms. The summed E-state index contributed by atoms with van der Waals surface area (Å²) in [5, 5.41) is 0. The lowest BCUT2D eigenvalue weighted by Crippen LogP contribution is -2.53. The monoisotopic (exact) mass is 251 g/mol. The van der Waals surface area contributed by atoms with Gasteiger partial charge in [0, 0.05) is 32.1 Å². The molecule has 1 atom stereocenters. The van der Waals surface area contributed by atoms with Crippen molar-refractivity contribution in [2.45, 2.75) is 44.6 Å². The van der Waals surface area contributed by atoms with Gasteiger partial charge in [0.15, 0.2) is 0 Å². The Morgan fingerprint density at radius 1 is 1.22 bits per heavy atom. The fourth-order valence-electron chi connectivity index (χ4n) is 3.78. The van der Waals surface area contributed by atoms with Crippen molar-refractivity contribution in [3.05, 3.63) is 0 Å². The minimum absolute atomic E-state index is 0.157. The van der Waals surface area contributed by atoms with E-state index in [0.717, 1.165) is 32.5 Å². The van der Waals surface area contributed by atoms with Crippen LogP contribution in [-0.2, 0) is 4.79 Å². The number of piperazine rings is 1. The molecule has 4 heteroatoms. The fraction of sp³-hybridized carbons (Fsp3) is 0.929. The Labute approximate surface area is 109 Å². The number of amides is 1. The Bertz CT molecular complexity index is 321. The first-order valence-corrected chi connectivity index (χ1v) is 7.44. The topological polar surface area (TPSA) is 49.6 Å². The molecule has 1 amide bonds. The van der Waals surface area contributed by atoms with Crippen LogP contribution >= 0.6 is 0 Å². The van der Waals surface area contributed by atoms with Crippen LogP contribution < -0.4 is 5.73 Å². The van der Waals surface area contributed by atoms with Crippen molar-refractivity contribution in [1.29, 1.82) is 0 Å². The van der Waals surface area contributed by atoms with Gasteiger partial charge in [-0.05, 0) is 44.2 Å². The van der Waals surface area contributed by atoms with Crippen molar-refractivity contribution in [2.75, 3.05) is 32.7 Å². The molecule has 1 saturated carbocycles. The second-order valence-corrected chi connectivity index (χ2v) is 6.41. The maximum Gasteiger partial charge on any atom is 0.223 e. The highest BCUT2D eigenvalue weighted by atomic mass is 16.2. The van der Waals surface area contributed by atoms with Crippen LogP contribution in [0.15, 0.2) is 0 Å². The molecule has 102 valence electrons. The molecule has 0 aromatic carbocycles. The summed E-state index contributed by atoms with van der Waals surface area (Å²) >= 11 is 0. The van der Waals surface area contributed by atoms with E-state index in [9.17, 15) is 4.79 Å². The molecule has 18 heavy (non-hydrogen) atoms. The Morgan fingerprint density at radius 2 is 2.06 bits per heavy atom. The first-order chi connectivity index (χ1) is 8.72. The lowest BCUT2D eigenvalue weighted by atomic mass is 9.66. The summed E-state index contributed by atoms with van der Waals surface area (Å²) in [6.45, 7) is 4.88. The summed E-state index contributed by atoms with van der Waals surface area (Å²) in [4.78, 5) is 17.1. The molecule has 0 radical (unpaired) electrons. The first kappa shape index (κ1) is 12.4. The largest absolute Gasteiger partial charge is 0.340 e. The Kier molecular flexibility index (Phi) is 3.32. The van der Waals surface area contributed by atoms with Crippen LogP contribution in [0.2, 0.25) is 0 Å². The van der Waals surface area contributed by atoms with Gasteiger partial charge in [-0.1, -0.05) is 6.42 Å². The van der Waals surface area contributed by atoms with Crippen LogP contribution in [0.1, 0.15) is 38.5 Å². The molecule has 4 nitrogen and oxygen atoms in total. The number of hydrogen-bond acceptors (Lipinski definition) is 3. The van der Waals surface area contributed by atoms with Crippen molar-refractivity contribution < 1.29 is 4.79 Å². The molecule has 1 aliphatic carbocycles. The average molecular weight is 251 g/mol. The molecule has 0 aromatic rings. The molecule has 3 fully saturated rings. The maximum absolute atomic E-state index is 12.4. The maximum atomic E-state index is 12.4. The smallest absolute Gasteiger partial charge is 0.223 e. The van der Waals surface area contributed by atoms with Crippen LogP contribution in [0.5, 0.6) is 0 Å². The Balaban J connectivity index is 1.56. The number of rotatable bonds is 3. The number of hydrogen-bond donors (Lipinski definition) is 1. The normalized spacial score (nSPS) is 30.9. The summed E-state index contributed by atoms with van der Waals surface area (Å²) in [5.41, 5.74) is 6.01. The standard InChI is InChI=1S/C14H25N3O/c15-11-14(4-2-5-14)9-13(18)17-8-7-16-6-1-3-12(16)10-17/h12H,1-11,15H2. The van der Waals surface area contributed by atoms with Crippen LogP contribution in [0.4, 0.5) is 0 Å². The summed E-state index contributed by atoms with van der Waals surface area (Å²) in [5.74, 6) is 0.353. The van der Waals surface area contributed by atoms with Gasteiger partial charge in [-0.25, -0.2) is 0 Å². The summed E-state index contributed by atoms with van der Waals surface area (Å²) in [6.07, 6.45) is 6.82. The lowest BCUT2D eigenvalue weighted by Gasteiger charge is -2.43. The fourth-order valence-corrected chi connectivity index (χ4v) is 3.78. The third-order valence-corrected chi connectivity index (χ3v) is 5.31. The molecule has 3 rings (SSSR count). The van der Waals surface area contributed by atoms with Gasteiger partial charge in [-0.2, -0.15) is 0 Å². The highest BCUT2D eigenvalue weighted by molar-refractivity contribution is 5.77. The zero-order valence-electron chi connectivity index (χ0n) is 11.2. The van der Waals surface area contributed by atoms with E-state index in [2.05, 4.69) is 9.80 Å². The number of fused-ring (bicyclic) bond motifs is 1. The van der Waals surface area contributed by atoms with E-state index >= 15 is 0 Å². The molecule has 2 N–H and O–H groups in total. The molecule has 3 aliphatic rings. The van der Waals surface area contributed by atoms with E-state index in [1.807, 2.05) is 0 Å². The molecular formula is C14H25N3O. The van der Waals surface area contributed by atoms with E-state index < -0.39 is 0 Å². The van der Waals surface area contributed by atoms with Crippen molar-refractivity contribution in [3.8, 4) is 0 Å². The number of carbonyl (C=O) groups excluding carboxylic acids is 1. The van der Waals surface area contributed by atoms with E-state index in [-0.39, 0.29) is 5.41 Å². The van der Waals surface area contributed by atoms with Gasteiger partial charge in [-0.3, -0.25) is 9.69 Å². The zero-order chi connectivity index (χ0) is 12.6. The van der Waals surface area contributed by atoms with E-state index in [4.69, 9.17) is 5.73 Å². The van der Waals surface area contributed by atoms with Crippen molar-refractivity contribution >= 4 is 5.91 Å². The third-order valence-electron chi connectivity index (χ3n) is 5.31. The van der Waals surface area contributed by atoms with Gasteiger partial charge in [0.25, 0.3) is 0 Å². The molecule has 2 aliphatic heterocycles. The molecule has 2 heterocycles. The van der Waals surface area contributed by atoms with Crippen molar-refractivity contribution in [1.82, 2.24) is 9.80 Å². The third kappa shape index (κ3) is 2.16. The van der Waals surface area contributed by atoms with Crippen molar-refractivity contribution in [3.63, 3.8) is 0 Å². The highest BCUT2D eigenvalue weighted by Gasteiger charge is 2.40. The SMILES string of the molecule is NCC1(CC(=O)N2CCN3CCCC3C2)CCC1. The average Bonchev–Trinajstić information content (AvgIpc) is 2.80. The van der Waals surface area contributed by atoms with Gasteiger partial charge in [0.2, 0.25) is 5.91 Å². The Morgan fingerprint density at radius 3 is 2.72 bits per heavy atom. The number of nitrogens with two attached hydrogens (primary N) is 1. The summed E-state index contributed by atoms with van der Waals surface area (Å²) in [7, 11) is 0. The zero-order valence-corrected chi connectivity index (χ0v) is 11.2. The van der Waals surface area contributed by atoms with Gasteiger partial charge >= 0.3 is 0 Å². The number of carbonyl (C=O) groups is 1. The second kappa shape index (κ2) is 4.82. The van der Waals surface area contributed by atoms with Gasteiger partial charge in [0.05, 0.1) is 0 Å². The van der Waals surface area contributed by atoms with Gasteiger partial charge in [0.1, 0.15) is 0 Å².